The molecule has 21 heavy (non-hydrogen) atoms. The lowest BCUT2D eigenvalue weighted by Gasteiger charge is -2.26. The molecule has 5 heteroatoms. The summed E-state index contributed by atoms with van der Waals surface area (Å²) in [6, 6.07) is 7.31. The Labute approximate surface area is 121 Å². The van der Waals surface area contributed by atoms with Crippen molar-refractivity contribution in [2.24, 2.45) is 11.8 Å². The number of amides is 2. The third-order valence-corrected chi connectivity index (χ3v) is 4.66. The largest absolute Gasteiger partial charge is 0.393 e. The van der Waals surface area contributed by atoms with E-state index in [0.29, 0.717) is 5.69 Å². The monoisotopic (exact) mass is 285 g/mol. The highest BCUT2D eigenvalue weighted by Gasteiger charge is 2.67. The van der Waals surface area contributed by atoms with Crippen LogP contribution in [0.1, 0.15) is 5.56 Å². The number of rotatable bonds is 2. The summed E-state index contributed by atoms with van der Waals surface area (Å²) in [5, 5.41) is 9.64. The van der Waals surface area contributed by atoms with Crippen LogP contribution in [0.2, 0.25) is 0 Å². The van der Waals surface area contributed by atoms with Gasteiger partial charge in [-0.1, -0.05) is 24.3 Å². The summed E-state index contributed by atoms with van der Waals surface area (Å²) in [4.78, 5) is 26.7. The quantitative estimate of drug-likeness (QED) is 0.645. The molecule has 2 bridgehead atoms. The van der Waals surface area contributed by atoms with Crippen LogP contribution in [-0.4, -0.2) is 35.2 Å². The molecule has 3 heterocycles. The highest BCUT2D eigenvalue weighted by Crippen LogP contribution is 2.52. The Bertz CT molecular complexity index is 683. The van der Waals surface area contributed by atoms with Crippen LogP contribution >= 0.6 is 0 Å². The van der Waals surface area contributed by atoms with E-state index in [-0.39, 0.29) is 18.4 Å². The predicted molar refractivity (Wildman–Crippen MR) is 74.5 cm³/mol. The summed E-state index contributed by atoms with van der Waals surface area (Å²) in [5.41, 5.74) is 0.548. The molecule has 2 fully saturated rings. The maximum absolute atomic E-state index is 12.7. The van der Waals surface area contributed by atoms with E-state index in [0.717, 1.165) is 5.56 Å². The van der Waals surface area contributed by atoms with Gasteiger partial charge >= 0.3 is 0 Å². The average Bonchev–Trinajstić information content (AvgIpc) is 3.10. The lowest BCUT2D eigenvalue weighted by atomic mass is 9.77. The number of imide groups is 1. The number of carbonyl (C=O) groups excluding carboxylic acids is 2. The molecule has 0 aromatic heterocycles. The van der Waals surface area contributed by atoms with Crippen molar-refractivity contribution in [2.75, 3.05) is 11.5 Å². The predicted octanol–water partition coefficient (Wildman–Crippen LogP) is 0.800. The Morgan fingerprint density at radius 3 is 2.86 bits per heavy atom. The molecule has 1 aromatic rings. The van der Waals surface area contributed by atoms with E-state index in [1.165, 1.54) is 4.90 Å². The van der Waals surface area contributed by atoms with Gasteiger partial charge in [-0.05, 0) is 24.6 Å². The summed E-state index contributed by atoms with van der Waals surface area (Å²) in [5.74, 6) is -1.66. The van der Waals surface area contributed by atoms with Crippen molar-refractivity contribution in [1.29, 1.82) is 0 Å². The molecule has 5 nitrogen and oxygen atoms in total. The number of hydrogen-bond acceptors (Lipinski definition) is 4. The summed E-state index contributed by atoms with van der Waals surface area (Å²) < 4.78 is 5.70. The molecule has 1 N–H and O–H groups in total. The number of carbonyl (C=O) groups is 2. The van der Waals surface area contributed by atoms with E-state index >= 15 is 0 Å². The number of benzene rings is 1. The maximum Gasteiger partial charge on any atom is 0.241 e. The normalized spacial score (nSPS) is 36.7. The first-order chi connectivity index (χ1) is 10.1. The van der Waals surface area contributed by atoms with Crippen molar-refractivity contribution in [3.8, 4) is 0 Å². The third-order valence-electron chi connectivity index (χ3n) is 4.66. The zero-order valence-electron chi connectivity index (χ0n) is 11.5. The van der Waals surface area contributed by atoms with Gasteiger partial charge in [0.2, 0.25) is 11.8 Å². The van der Waals surface area contributed by atoms with Gasteiger partial charge in [-0.15, -0.1) is 0 Å². The molecular formula is C16H15NO4. The summed E-state index contributed by atoms with van der Waals surface area (Å²) in [6.45, 7) is 1.63. The molecule has 0 aliphatic carbocycles. The first kappa shape index (κ1) is 12.7. The van der Waals surface area contributed by atoms with E-state index in [9.17, 15) is 14.7 Å². The van der Waals surface area contributed by atoms with Gasteiger partial charge in [0.1, 0.15) is 5.60 Å². The van der Waals surface area contributed by atoms with E-state index < -0.39 is 23.5 Å². The second-order valence-corrected chi connectivity index (χ2v) is 5.91. The topological polar surface area (TPSA) is 66.8 Å². The maximum atomic E-state index is 12.7. The van der Waals surface area contributed by atoms with Crippen LogP contribution in [0.3, 0.4) is 0 Å². The summed E-state index contributed by atoms with van der Waals surface area (Å²) >= 11 is 0. The Kier molecular flexibility index (Phi) is 2.44. The molecule has 2 saturated heterocycles. The molecule has 108 valence electrons. The van der Waals surface area contributed by atoms with Gasteiger partial charge in [0.25, 0.3) is 0 Å². The van der Waals surface area contributed by atoms with Gasteiger partial charge in [0.15, 0.2) is 0 Å². The number of aliphatic hydroxyl groups excluding tert-OH is 1. The molecule has 0 spiro atoms. The molecule has 1 aromatic carbocycles. The Morgan fingerprint density at radius 2 is 2.14 bits per heavy atom. The second-order valence-electron chi connectivity index (χ2n) is 5.91. The molecule has 3 aliphatic heterocycles. The zero-order valence-corrected chi connectivity index (χ0v) is 11.5. The first-order valence-corrected chi connectivity index (χ1v) is 7.00. The van der Waals surface area contributed by atoms with Crippen LogP contribution in [0, 0.1) is 18.8 Å². The highest BCUT2D eigenvalue weighted by atomic mass is 16.5. The van der Waals surface area contributed by atoms with E-state index in [4.69, 9.17) is 4.74 Å². The highest BCUT2D eigenvalue weighted by molar-refractivity contribution is 6.23. The van der Waals surface area contributed by atoms with Gasteiger partial charge in [0, 0.05) is 0 Å². The minimum absolute atomic E-state index is 0.236. The third kappa shape index (κ3) is 1.47. The van der Waals surface area contributed by atoms with E-state index in [1.807, 2.05) is 25.1 Å². The van der Waals surface area contributed by atoms with Crippen molar-refractivity contribution in [2.45, 2.75) is 18.6 Å². The first-order valence-electron chi connectivity index (χ1n) is 7.00. The van der Waals surface area contributed by atoms with Crippen molar-refractivity contribution in [1.82, 2.24) is 0 Å². The van der Waals surface area contributed by atoms with Crippen LogP contribution in [0.15, 0.2) is 36.4 Å². The fourth-order valence-electron chi connectivity index (χ4n) is 3.71. The smallest absolute Gasteiger partial charge is 0.241 e. The molecule has 0 saturated carbocycles. The number of hydrogen-bond donors (Lipinski definition) is 1. The number of aryl methyl sites for hydroxylation is 1. The molecule has 2 amide bonds. The van der Waals surface area contributed by atoms with Crippen molar-refractivity contribution >= 4 is 17.5 Å². The van der Waals surface area contributed by atoms with Crippen LogP contribution in [-0.2, 0) is 14.3 Å². The number of anilines is 1. The van der Waals surface area contributed by atoms with Gasteiger partial charge in [0.05, 0.1) is 30.2 Å². The Morgan fingerprint density at radius 1 is 1.33 bits per heavy atom. The Balaban J connectivity index is 1.79. The van der Waals surface area contributed by atoms with Crippen molar-refractivity contribution < 1.29 is 19.4 Å². The average molecular weight is 285 g/mol. The van der Waals surface area contributed by atoms with E-state index in [2.05, 4.69) is 0 Å². The lowest BCUT2D eigenvalue weighted by Crippen LogP contribution is -2.43. The van der Waals surface area contributed by atoms with Gasteiger partial charge in [-0.2, -0.15) is 0 Å². The molecule has 4 rings (SSSR count). The van der Waals surface area contributed by atoms with Crippen LogP contribution < -0.4 is 4.90 Å². The van der Waals surface area contributed by atoms with Crippen LogP contribution in [0.5, 0.6) is 0 Å². The fraction of sp³-hybridized carbons (Fsp3) is 0.375. The number of aliphatic hydroxyl groups is 1. The molecule has 4 atom stereocenters. The molecule has 0 unspecified atom stereocenters. The number of fused-ring (bicyclic) bond motifs is 5. The number of nitrogens with zero attached hydrogens (tertiary/aromatic N) is 1. The second kappa shape index (κ2) is 4.02. The van der Waals surface area contributed by atoms with Crippen LogP contribution in [0.25, 0.3) is 0 Å². The van der Waals surface area contributed by atoms with Crippen molar-refractivity contribution in [3.63, 3.8) is 0 Å². The van der Waals surface area contributed by atoms with Gasteiger partial charge in [-0.25, -0.2) is 4.90 Å². The molecule has 0 radical (unpaired) electrons. The summed E-state index contributed by atoms with van der Waals surface area (Å²) in [6.07, 6.45) is 3.10. The van der Waals surface area contributed by atoms with Gasteiger partial charge in [-0.3, -0.25) is 9.59 Å². The standard InChI is InChI=1S/C16H15NO4/c1-9-3-2-4-10(7-9)17-14(19)12-11-5-6-16(8-18,21-11)13(12)15(17)20/h2-7,11-13,18H,8H2,1H3/t11-,12-,13-,16+/m0/s1. The minimum Gasteiger partial charge on any atom is -0.393 e. The summed E-state index contributed by atoms with van der Waals surface area (Å²) in [7, 11) is 0. The Hall–Kier alpha value is -1.98. The fourth-order valence-corrected chi connectivity index (χ4v) is 3.71. The zero-order chi connectivity index (χ0) is 14.8. The van der Waals surface area contributed by atoms with Crippen molar-refractivity contribution in [3.05, 3.63) is 42.0 Å². The minimum atomic E-state index is -1.03. The number of ether oxygens (including phenoxy) is 1. The lowest BCUT2D eigenvalue weighted by molar-refractivity contribution is -0.128. The van der Waals surface area contributed by atoms with Crippen LogP contribution in [0.4, 0.5) is 5.69 Å². The SMILES string of the molecule is Cc1cccc(N2C(=O)[C@H]3[C@@H]4C=C[C@](CO)(O4)[C@@H]3C2=O)c1. The van der Waals surface area contributed by atoms with Gasteiger partial charge < -0.3 is 9.84 Å². The van der Waals surface area contributed by atoms with E-state index in [1.54, 1.807) is 18.2 Å². The molecule has 3 aliphatic rings. The molecular weight excluding hydrogens is 270 g/mol.